The highest BCUT2D eigenvalue weighted by Crippen LogP contribution is 2.27. The molecule has 0 aromatic carbocycles. The topological polar surface area (TPSA) is 42.2 Å². The summed E-state index contributed by atoms with van der Waals surface area (Å²) >= 11 is 0. The molecule has 3 heteroatoms. The quantitative estimate of drug-likeness (QED) is 0.823. The Hall–Kier alpha value is -1.25. The van der Waals surface area contributed by atoms with Crippen LogP contribution in [0.1, 0.15) is 25.7 Å². The van der Waals surface area contributed by atoms with Crippen LogP contribution < -0.4 is 10.6 Å². The number of rotatable bonds is 3. The molecule has 0 unspecified atom stereocenters. The molecule has 0 bridgehead atoms. The van der Waals surface area contributed by atoms with Crippen LogP contribution in [0.4, 0.5) is 11.5 Å². The molecule has 2 rings (SSSR count). The van der Waals surface area contributed by atoms with Crippen LogP contribution in [-0.2, 0) is 0 Å². The maximum atomic E-state index is 5.89. The van der Waals surface area contributed by atoms with Crippen LogP contribution in [0.25, 0.3) is 0 Å². The molecule has 0 aliphatic heterocycles. The third kappa shape index (κ3) is 2.41. The molecular weight excluding hydrogens is 186 g/mol. The average Bonchev–Trinajstić information content (AvgIpc) is 2.71. The maximum absolute atomic E-state index is 5.89. The minimum Gasteiger partial charge on any atom is -0.396 e. The van der Waals surface area contributed by atoms with Gasteiger partial charge >= 0.3 is 0 Å². The maximum Gasteiger partial charge on any atom is 0.151 e. The van der Waals surface area contributed by atoms with E-state index in [9.17, 15) is 0 Å². The first-order valence-corrected chi connectivity index (χ1v) is 5.69. The molecule has 1 aliphatic carbocycles. The molecule has 1 aliphatic rings. The number of nitrogens with two attached hydrogens (primary N) is 1. The predicted octanol–water partition coefficient (Wildman–Crippen LogP) is 2.29. The van der Waals surface area contributed by atoms with Gasteiger partial charge in [0.15, 0.2) is 5.82 Å². The lowest BCUT2D eigenvalue weighted by Crippen LogP contribution is -2.25. The van der Waals surface area contributed by atoms with Crippen LogP contribution in [0.15, 0.2) is 18.3 Å². The molecule has 1 heterocycles. The Balaban J connectivity index is 2.00. The summed E-state index contributed by atoms with van der Waals surface area (Å²) in [6.45, 7) is 1.08. The normalized spacial score (nSPS) is 16.9. The summed E-state index contributed by atoms with van der Waals surface area (Å²) in [6.07, 6.45) is 7.29. The summed E-state index contributed by atoms with van der Waals surface area (Å²) in [4.78, 5) is 6.51. The van der Waals surface area contributed by atoms with Crippen molar-refractivity contribution in [2.75, 3.05) is 24.2 Å². The van der Waals surface area contributed by atoms with Gasteiger partial charge < -0.3 is 10.6 Å². The number of nitrogens with zero attached hydrogens (tertiary/aromatic N) is 2. The van der Waals surface area contributed by atoms with Gasteiger partial charge in [-0.2, -0.15) is 0 Å². The predicted molar refractivity (Wildman–Crippen MR) is 63.9 cm³/mol. The van der Waals surface area contributed by atoms with E-state index in [1.807, 2.05) is 12.1 Å². The standard InChI is InChI=1S/C12H19N3/c1-15(9-10-5-2-3-6-10)12-11(13)7-4-8-14-12/h4,7-8,10H,2-3,5-6,9,13H2,1H3. The second-order valence-electron chi connectivity index (χ2n) is 4.45. The van der Waals surface area contributed by atoms with E-state index in [1.54, 1.807) is 6.20 Å². The van der Waals surface area contributed by atoms with E-state index in [1.165, 1.54) is 25.7 Å². The van der Waals surface area contributed by atoms with E-state index in [-0.39, 0.29) is 0 Å². The van der Waals surface area contributed by atoms with Crippen LogP contribution in [0.2, 0.25) is 0 Å². The molecule has 1 aromatic heterocycles. The molecule has 0 spiro atoms. The van der Waals surface area contributed by atoms with Gasteiger partial charge in [0.25, 0.3) is 0 Å². The van der Waals surface area contributed by atoms with Gasteiger partial charge in [0.05, 0.1) is 5.69 Å². The first-order valence-electron chi connectivity index (χ1n) is 5.69. The Kier molecular flexibility index (Phi) is 3.09. The SMILES string of the molecule is CN(CC1CCCC1)c1ncccc1N. The van der Waals surface area contributed by atoms with Crippen molar-refractivity contribution in [1.82, 2.24) is 4.98 Å². The Bertz CT molecular complexity index is 318. The smallest absolute Gasteiger partial charge is 0.151 e. The van der Waals surface area contributed by atoms with Gasteiger partial charge in [0.2, 0.25) is 0 Å². The molecule has 1 fully saturated rings. The molecule has 3 nitrogen and oxygen atoms in total. The summed E-state index contributed by atoms with van der Waals surface area (Å²) in [7, 11) is 2.08. The van der Waals surface area contributed by atoms with Gasteiger partial charge in [0, 0.05) is 19.8 Å². The van der Waals surface area contributed by atoms with Crippen LogP contribution in [0.5, 0.6) is 0 Å². The highest BCUT2D eigenvalue weighted by molar-refractivity contribution is 5.61. The van der Waals surface area contributed by atoms with Crippen LogP contribution in [-0.4, -0.2) is 18.6 Å². The van der Waals surface area contributed by atoms with Gasteiger partial charge in [0.1, 0.15) is 0 Å². The van der Waals surface area contributed by atoms with E-state index >= 15 is 0 Å². The number of hydrogen-bond acceptors (Lipinski definition) is 3. The summed E-state index contributed by atoms with van der Waals surface area (Å²) in [5.74, 6) is 1.75. The second-order valence-corrected chi connectivity index (χ2v) is 4.45. The van der Waals surface area contributed by atoms with Crippen molar-refractivity contribution in [1.29, 1.82) is 0 Å². The van der Waals surface area contributed by atoms with Gasteiger partial charge in [-0.15, -0.1) is 0 Å². The molecule has 82 valence electrons. The largest absolute Gasteiger partial charge is 0.396 e. The molecule has 1 aromatic rings. The lowest BCUT2D eigenvalue weighted by molar-refractivity contribution is 0.545. The Morgan fingerprint density at radius 2 is 2.20 bits per heavy atom. The molecule has 0 amide bonds. The minimum absolute atomic E-state index is 0.776. The molecule has 1 saturated carbocycles. The van der Waals surface area contributed by atoms with Crippen molar-refractivity contribution in [3.63, 3.8) is 0 Å². The van der Waals surface area contributed by atoms with E-state index < -0.39 is 0 Å². The Labute approximate surface area is 91.3 Å². The summed E-state index contributed by atoms with van der Waals surface area (Å²) < 4.78 is 0. The van der Waals surface area contributed by atoms with Crippen LogP contribution in [0, 0.1) is 5.92 Å². The van der Waals surface area contributed by atoms with Crippen molar-refractivity contribution < 1.29 is 0 Å². The summed E-state index contributed by atoms with van der Waals surface area (Å²) in [6, 6.07) is 3.79. The number of hydrogen-bond donors (Lipinski definition) is 1. The third-order valence-corrected chi connectivity index (χ3v) is 3.19. The highest BCUT2D eigenvalue weighted by Gasteiger charge is 2.18. The molecule has 0 saturated heterocycles. The Morgan fingerprint density at radius 1 is 1.47 bits per heavy atom. The van der Waals surface area contributed by atoms with E-state index in [4.69, 9.17) is 5.73 Å². The number of aromatic nitrogens is 1. The molecule has 0 radical (unpaired) electrons. The van der Waals surface area contributed by atoms with E-state index in [0.717, 1.165) is 24.0 Å². The lowest BCUT2D eigenvalue weighted by atomic mass is 10.1. The fraction of sp³-hybridized carbons (Fsp3) is 0.583. The van der Waals surface area contributed by atoms with Crippen LogP contribution in [0.3, 0.4) is 0 Å². The average molecular weight is 205 g/mol. The number of pyridine rings is 1. The van der Waals surface area contributed by atoms with Crippen molar-refractivity contribution in [2.45, 2.75) is 25.7 Å². The van der Waals surface area contributed by atoms with Crippen LogP contribution >= 0.6 is 0 Å². The van der Waals surface area contributed by atoms with Gasteiger partial charge in [-0.05, 0) is 30.9 Å². The first kappa shape index (κ1) is 10.3. The highest BCUT2D eigenvalue weighted by atomic mass is 15.2. The van der Waals surface area contributed by atoms with Gasteiger partial charge in [-0.25, -0.2) is 4.98 Å². The third-order valence-electron chi connectivity index (χ3n) is 3.19. The molecular formula is C12H19N3. The van der Waals surface area contributed by atoms with Crippen molar-refractivity contribution in [3.8, 4) is 0 Å². The monoisotopic (exact) mass is 205 g/mol. The zero-order valence-electron chi connectivity index (χ0n) is 9.32. The molecule has 15 heavy (non-hydrogen) atoms. The van der Waals surface area contributed by atoms with Crippen molar-refractivity contribution in [2.24, 2.45) is 5.92 Å². The molecule has 0 atom stereocenters. The van der Waals surface area contributed by atoms with Crippen molar-refractivity contribution in [3.05, 3.63) is 18.3 Å². The van der Waals surface area contributed by atoms with Crippen molar-refractivity contribution >= 4 is 11.5 Å². The van der Waals surface area contributed by atoms with E-state index in [0.29, 0.717) is 0 Å². The second kappa shape index (κ2) is 4.51. The van der Waals surface area contributed by atoms with E-state index in [2.05, 4.69) is 16.9 Å². The lowest BCUT2D eigenvalue weighted by Gasteiger charge is -2.22. The molecule has 2 N–H and O–H groups in total. The first-order chi connectivity index (χ1) is 7.27. The fourth-order valence-electron chi connectivity index (χ4n) is 2.40. The number of anilines is 2. The number of nitrogen functional groups attached to an aromatic ring is 1. The summed E-state index contributed by atoms with van der Waals surface area (Å²) in [5, 5.41) is 0. The van der Waals surface area contributed by atoms with Gasteiger partial charge in [-0.1, -0.05) is 12.8 Å². The zero-order chi connectivity index (χ0) is 10.7. The fourth-order valence-corrected chi connectivity index (χ4v) is 2.40. The minimum atomic E-state index is 0.776. The Morgan fingerprint density at radius 3 is 2.87 bits per heavy atom. The summed E-state index contributed by atoms with van der Waals surface area (Å²) in [5.41, 5.74) is 6.67. The van der Waals surface area contributed by atoms with Gasteiger partial charge in [-0.3, -0.25) is 0 Å². The zero-order valence-corrected chi connectivity index (χ0v) is 9.32.